The Morgan fingerprint density at radius 1 is 1.19 bits per heavy atom. The number of carbonyl (C=O) groups excluding carboxylic acids is 1. The Morgan fingerprint density at radius 2 is 1.89 bits per heavy atom. The molecule has 1 heterocycles. The molecule has 0 bridgehead atoms. The Labute approximate surface area is 170 Å². The molecule has 1 fully saturated rings. The van der Waals surface area contributed by atoms with Gasteiger partial charge in [-0.3, -0.25) is 4.79 Å². The fourth-order valence-corrected chi connectivity index (χ4v) is 5.12. The van der Waals surface area contributed by atoms with Crippen LogP contribution in [0, 0.1) is 5.82 Å². The van der Waals surface area contributed by atoms with E-state index in [-0.39, 0.29) is 17.1 Å². The molecule has 0 spiro atoms. The molecule has 0 saturated carbocycles. The molecular formula is C18H17BrClFN2O3S. The normalized spacial score (nSPS) is 18.3. The van der Waals surface area contributed by atoms with E-state index in [1.54, 1.807) is 6.07 Å². The van der Waals surface area contributed by atoms with Crippen LogP contribution in [-0.4, -0.2) is 31.2 Å². The van der Waals surface area contributed by atoms with Crippen LogP contribution in [0.25, 0.3) is 0 Å². The van der Waals surface area contributed by atoms with Crippen LogP contribution < -0.4 is 5.32 Å². The van der Waals surface area contributed by atoms with Gasteiger partial charge < -0.3 is 5.32 Å². The van der Waals surface area contributed by atoms with Crippen LogP contribution in [0.1, 0.15) is 19.3 Å². The number of benzene rings is 2. The predicted octanol–water partition coefficient (Wildman–Crippen LogP) is 4.42. The number of anilines is 1. The van der Waals surface area contributed by atoms with E-state index in [0.29, 0.717) is 28.8 Å². The number of amides is 1. The molecule has 3 rings (SSSR count). The van der Waals surface area contributed by atoms with Gasteiger partial charge in [0, 0.05) is 16.0 Å². The number of nitrogens with one attached hydrogen (secondary N) is 1. The molecule has 5 nitrogen and oxygen atoms in total. The third-order valence-electron chi connectivity index (χ3n) is 4.37. The molecule has 27 heavy (non-hydrogen) atoms. The van der Waals surface area contributed by atoms with Gasteiger partial charge in [-0.2, -0.15) is 4.31 Å². The molecule has 0 radical (unpaired) electrons. The molecule has 1 amide bonds. The average Bonchev–Trinajstić information content (AvgIpc) is 2.64. The molecule has 144 valence electrons. The highest BCUT2D eigenvalue weighted by molar-refractivity contribution is 9.10. The van der Waals surface area contributed by atoms with Gasteiger partial charge in [-0.05, 0) is 55.3 Å². The van der Waals surface area contributed by atoms with Gasteiger partial charge in [0.25, 0.3) is 0 Å². The second-order valence-electron chi connectivity index (χ2n) is 6.19. The maximum atomic E-state index is 14.0. The molecule has 2 aromatic carbocycles. The fourth-order valence-electron chi connectivity index (χ4n) is 3.00. The Bertz CT molecular complexity index is 954. The lowest BCUT2D eigenvalue weighted by Crippen LogP contribution is -2.49. The summed E-state index contributed by atoms with van der Waals surface area (Å²) >= 11 is 8.99. The Kier molecular flexibility index (Phi) is 6.20. The molecule has 9 heteroatoms. The maximum Gasteiger partial charge on any atom is 0.243 e. The number of sulfonamides is 1. The molecule has 1 aliphatic rings. The van der Waals surface area contributed by atoms with Crippen LogP contribution >= 0.6 is 27.5 Å². The van der Waals surface area contributed by atoms with E-state index in [1.165, 1.54) is 40.7 Å². The number of carbonyl (C=O) groups is 1. The Morgan fingerprint density at radius 3 is 2.56 bits per heavy atom. The lowest BCUT2D eigenvalue weighted by atomic mass is 10.0. The van der Waals surface area contributed by atoms with Crippen molar-refractivity contribution in [2.24, 2.45) is 0 Å². The van der Waals surface area contributed by atoms with Gasteiger partial charge in [0.2, 0.25) is 15.9 Å². The zero-order chi connectivity index (χ0) is 19.6. The second-order valence-corrected chi connectivity index (χ2v) is 9.44. The van der Waals surface area contributed by atoms with Gasteiger partial charge in [0.05, 0.1) is 10.6 Å². The molecule has 0 aromatic heterocycles. The quantitative estimate of drug-likeness (QED) is 0.712. The van der Waals surface area contributed by atoms with Crippen LogP contribution in [0.4, 0.5) is 10.1 Å². The van der Waals surface area contributed by atoms with Gasteiger partial charge in [-0.1, -0.05) is 34.0 Å². The van der Waals surface area contributed by atoms with Crippen LogP contribution in [0.5, 0.6) is 0 Å². The summed E-state index contributed by atoms with van der Waals surface area (Å²) < 4.78 is 41.8. The van der Waals surface area contributed by atoms with Gasteiger partial charge in [-0.15, -0.1) is 0 Å². The van der Waals surface area contributed by atoms with Crippen LogP contribution in [0.3, 0.4) is 0 Å². The van der Waals surface area contributed by atoms with Crippen molar-refractivity contribution in [1.82, 2.24) is 4.31 Å². The molecule has 1 N–H and O–H groups in total. The van der Waals surface area contributed by atoms with Crippen molar-refractivity contribution in [3.63, 3.8) is 0 Å². The summed E-state index contributed by atoms with van der Waals surface area (Å²) in [7, 11) is -3.87. The summed E-state index contributed by atoms with van der Waals surface area (Å²) in [5.41, 5.74) is 0.0117. The zero-order valence-corrected chi connectivity index (χ0v) is 17.3. The first-order chi connectivity index (χ1) is 12.8. The first kappa shape index (κ1) is 20.3. The van der Waals surface area contributed by atoms with Crippen molar-refractivity contribution in [2.45, 2.75) is 30.2 Å². The highest BCUT2D eigenvalue weighted by Crippen LogP contribution is 2.28. The topological polar surface area (TPSA) is 66.5 Å². The number of nitrogens with zero attached hydrogens (tertiary/aromatic N) is 1. The van der Waals surface area contributed by atoms with E-state index in [0.717, 1.165) is 0 Å². The van der Waals surface area contributed by atoms with Gasteiger partial charge in [0.1, 0.15) is 11.9 Å². The van der Waals surface area contributed by atoms with Crippen molar-refractivity contribution in [1.29, 1.82) is 0 Å². The fraction of sp³-hybridized carbons (Fsp3) is 0.278. The summed E-state index contributed by atoms with van der Waals surface area (Å²) in [6, 6.07) is 9.17. The van der Waals surface area contributed by atoms with Crippen LogP contribution in [0.15, 0.2) is 51.8 Å². The van der Waals surface area contributed by atoms with Crippen molar-refractivity contribution in [3.8, 4) is 0 Å². The molecule has 1 unspecified atom stereocenters. The monoisotopic (exact) mass is 474 g/mol. The van der Waals surface area contributed by atoms with Gasteiger partial charge >= 0.3 is 0 Å². The van der Waals surface area contributed by atoms with Crippen molar-refractivity contribution >= 4 is 49.1 Å². The second kappa shape index (κ2) is 8.26. The number of rotatable bonds is 4. The van der Waals surface area contributed by atoms with Crippen molar-refractivity contribution in [3.05, 3.63) is 57.8 Å². The van der Waals surface area contributed by atoms with Crippen molar-refractivity contribution < 1.29 is 17.6 Å². The maximum absolute atomic E-state index is 14.0. The number of halogens is 3. The summed E-state index contributed by atoms with van der Waals surface area (Å²) in [4.78, 5) is 12.8. The lowest BCUT2D eigenvalue weighted by molar-refractivity contribution is -0.120. The van der Waals surface area contributed by atoms with Crippen molar-refractivity contribution in [2.75, 3.05) is 11.9 Å². The van der Waals surface area contributed by atoms with E-state index in [9.17, 15) is 17.6 Å². The number of hydrogen-bond donors (Lipinski definition) is 1. The minimum absolute atomic E-state index is 0.0117. The molecular weight excluding hydrogens is 459 g/mol. The average molecular weight is 476 g/mol. The van der Waals surface area contributed by atoms with Gasteiger partial charge in [0.15, 0.2) is 0 Å². The summed E-state index contributed by atoms with van der Waals surface area (Å²) in [6.45, 7) is 0.228. The predicted molar refractivity (Wildman–Crippen MR) is 106 cm³/mol. The standard InChI is InChI=1S/C18H17BrClFN2O3S/c19-12-4-9-16(15(21)11-12)22-18(24)17-3-1-2-10-23(17)27(25,26)14-7-5-13(20)6-8-14/h4-9,11,17H,1-3,10H2,(H,22,24). The Balaban J connectivity index is 1.86. The van der Waals surface area contributed by atoms with E-state index in [4.69, 9.17) is 11.6 Å². The first-order valence-electron chi connectivity index (χ1n) is 8.32. The Hall–Kier alpha value is -1.48. The molecule has 1 saturated heterocycles. The molecule has 0 aliphatic carbocycles. The molecule has 1 aliphatic heterocycles. The molecule has 2 aromatic rings. The smallest absolute Gasteiger partial charge is 0.243 e. The summed E-state index contributed by atoms with van der Waals surface area (Å²) in [5, 5.41) is 2.93. The SMILES string of the molecule is O=C(Nc1ccc(Br)cc1F)C1CCCCN1S(=O)(=O)c1ccc(Cl)cc1. The van der Waals surface area contributed by atoms with E-state index >= 15 is 0 Å². The lowest BCUT2D eigenvalue weighted by Gasteiger charge is -2.33. The first-order valence-corrected chi connectivity index (χ1v) is 10.9. The van der Waals surface area contributed by atoms with Crippen LogP contribution in [-0.2, 0) is 14.8 Å². The van der Waals surface area contributed by atoms with Gasteiger partial charge in [-0.25, -0.2) is 12.8 Å². The van der Waals surface area contributed by atoms with E-state index in [1.807, 2.05) is 0 Å². The van der Waals surface area contributed by atoms with E-state index < -0.39 is 27.8 Å². The highest BCUT2D eigenvalue weighted by Gasteiger charge is 2.37. The van der Waals surface area contributed by atoms with E-state index in [2.05, 4.69) is 21.2 Å². The third-order valence-corrected chi connectivity index (χ3v) is 7.03. The van der Waals surface area contributed by atoms with Crippen LogP contribution in [0.2, 0.25) is 5.02 Å². The minimum atomic E-state index is -3.87. The summed E-state index contributed by atoms with van der Waals surface area (Å²) in [6.07, 6.45) is 1.74. The zero-order valence-electron chi connectivity index (χ0n) is 14.2. The highest BCUT2D eigenvalue weighted by atomic mass is 79.9. The number of piperidine rings is 1. The summed E-state index contributed by atoms with van der Waals surface area (Å²) in [5.74, 6) is -1.14. The third kappa shape index (κ3) is 4.51. The number of hydrogen-bond acceptors (Lipinski definition) is 3. The molecule has 1 atom stereocenters. The largest absolute Gasteiger partial charge is 0.322 e. The minimum Gasteiger partial charge on any atom is -0.322 e.